The van der Waals surface area contributed by atoms with Gasteiger partial charge in [-0.3, -0.25) is 19.2 Å². The van der Waals surface area contributed by atoms with Gasteiger partial charge in [0.15, 0.2) is 11.6 Å². The van der Waals surface area contributed by atoms with E-state index < -0.39 is 0 Å². The van der Waals surface area contributed by atoms with Crippen LogP contribution in [0.5, 0.6) is 0 Å². The van der Waals surface area contributed by atoms with Crippen molar-refractivity contribution in [1.82, 2.24) is 0 Å². The summed E-state index contributed by atoms with van der Waals surface area (Å²) in [7, 11) is 0. The van der Waals surface area contributed by atoms with Gasteiger partial charge in [-0.05, 0) is 13.8 Å². The number of carbonyl (C=O) groups is 4. The predicted octanol–water partition coefficient (Wildman–Crippen LogP) is 3.69. The van der Waals surface area contributed by atoms with Crippen molar-refractivity contribution in [1.29, 1.82) is 0 Å². The van der Waals surface area contributed by atoms with Gasteiger partial charge >= 0.3 is 16.5 Å². The van der Waals surface area contributed by atoms with Gasteiger partial charge in [0.05, 0.1) is 12.8 Å². The fourth-order valence-electron chi connectivity index (χ4n) is 1.90. The fourth-order valence-corrected chi connectivity index (χ4v) is 1.90. The van der Waals surface area contributed by atoms with Crippen LogP contribution in [0.15, 0.2) is 60.7 Å². The molecule has 132 valence electrons. The van der Waals surface area contributed by atoms with Crippen LogP contribution in [0.3, 0.4) is 0 Å². The van der Waals surface area contributed by atoms with Crippen molar-refractivity contribution in [3.8, 4) is 0 Å². The maximum atomic E-state index is 11.2. The summed E-state index contributed by atoms with van der Waals surface area (Å²) in [6.07, 6.45) is 0.00796. The Morgan fingerprint density at radius 1 is 0.600 bits per heavy atom. The van der Waals surface area contributed by atoms with Crippen LogP contribution in [0.1, 0.15) is 47.4 Å². The molecule has 0 heterocycles. The molecule has 0 fully saturated rings. The first-order valence-electron chi connectivity index (χ1n) is 7.55. The molecule has 0 saturated carbocycles. The molecule has 5 heteroatoms. The normalized spacial score (nSPS) is 9.04. The molecule has 25 heavy (non-hydrogen) atoms. The summed E-state index contributed by atoms with van der Waals surface area (Å²) in [5, 5.41) is 0. The van der Waals surface area contributed by atoms with Crippen LogP contribution in [0.25, 0.3) is 0 Å². The average Bonchev–Trinajstić information content (AvgIpc) is 2.56. The van der Waals surface area contributed by atoms with Gasteiger partial charge in [0, 0.05) is 11.1 Å². The second-order valence-corrected chi connectivity index (χ2v) is 5.34. The molecule has 0 spiro atoms. The fraction of sp³-hybridized carbons (Fsp3) is 0.200. The first-order chi connectivity index (χ1) is 11.4. The van der Waals surface area contributed by atoms with E-state index in [9.17, 15) is 19.2 Å². The van der Waals surface area contributed by atoms with Gasteiger partial charge in [-0.1, -0.05) is 60.7 Å². The maximum Gasteiger partial charge on any atom is 2.00 e. The minimum Gasteiger partial charge on any atom is -0.300 e. The minimum absolute atomic E-state index is 0. The van der Waals surface area contributed by atoms with Gasteiger partial charge in [-0.2, -0.15) is 0 Å². The van der Waals surface area contributed by atoms with E-state index in [1.54, 1.807) is 48.5 Å². The molecule has 0 aromatic heterocycles. The van der Waals surface area contributed by atoms with E-state index in [1.165, 1.54) is 13.8 Å². The summed E-state index contributed by atoms with van der Waals surface area (Å²) in [4.78, 5) is 43.7. The molecule has 0 atom stereocenters. The van der Waals surface area contributed by atoms with Gasteiger partial charge in [0.2, 0.25) is 0 Å². The van der Waals surface area contributed by atoms with Gasteiger partial charge in [-0.15, -0.1) is 0 Å². The van der Waals surface area contributed by atoms with Crippen molar-refractivity contribution in [3.05, 3.63) is 71.8 Å². The predicted molar refractivity (Wildman–Crippen MR) is 92.1 cm³/mol. The van der Waals surface area contributed by atoms with E-state index in [-0.39, 0.29) is 52.5 Å². The van der Waals surface area contributed by atoms with Crippen LogP contribution in [0.4, 0.5) is 0 Å². The molecule has 0 N–H and O–H groups in total. The Morgan fingerprint density at radius 3 is 1.12 bits per heavy atom. The van der Waals surface area contributed by atoms with Gasteiger partial charge < -0.3 is 0 Å². The molecule has 4 nitrogen and oxygen atoms in total. The van der Waals surface area contributed by atoms with Crippen LogP contribution < -0.4 is 0 Å². The molecule has 0 radical (unpaired) electrons. The van der Waals surface area contributed by atoms with Crippen molar-refractivity contribution in [2.75, 3.05) is 0 Å². The molecular weight excluding hydrogens is 363 g/mol. The van der Waals surface area contributed by atoms with Gasteiger partial charge in [0.25, 0.3) is 0 Å². The van der Waals surface area contributed by atoms with Crippen LogP contribution in [-0.4, -0.2) is 23.1 Å². The first kappa shape index (κ1) is 22.6. The average molecular weight is 383 g/mol. The maximum absolute atomic E-state index is 11.2. The molecule has 2 rings (SSSR count). The molecule has 0 saturated heterocycles. The Morgan fingerprint density at radius 2 is 0.880 bits per heavy atom. The Balaban J connectivity index is 0.000000443. The van der Waals surface area contributed by atoms with Crippen LogP contribution in [0.2, 0.25) is 0 Å². The second-order valence-electron chi connectivity index (χ2n) is 5.34. The van der Waals surface area contributed by atoms with Gasteiger partial charge in [0.1, 0.15) is 11.6 Å². The number of ketones is 4. The van der Waals surface area contributed by atoms with Crippen molar-refractivity contribution in [3.63, 3.8) is 0 Å². The zero-order valence-corrected chi connectivity index (χ0v) is 15.1. The summed E-state index contributed by atoms with van der Waals surface area (Å²) < 4.78 is 0. The summed E-state index contributed by atoms with van der Waals surface area (Å²) in [5.74, 6) is -0.404. The van der Waals surface area contributed by atoms with E-state index >= 15 is 0 Å². The molecule has 0 aliphatic rings. The zero-order chi connectivity index (χ0) is 17.9. The zero-order valence-electron chi connectivity index (χ0n) is 14.1. The molecular formula is C20H20NiO4+2. The van der Waals surface area contributed by atoms with Crippen molar-refractivity contribution >= 4 is 23.1 Å². The third-order valence-corrected chi connectivity index (χ3v) is 3.01. The van der Waals surface area contributed by atoms with E-state index in [2.05, 4.69) is 0 Å². The van der Waals surface area contributed by atoms with E-state index in [0.29, 0.717) is 11.1 Å². The van der Waals surface area contributed by atoms with Crippen LogP contribution in [0, 0.1) is 0 Å². The summed E-state index contributed by atoms with van der Waals surface area (Å²) in [5.41, 5.74) is 1.21. The third-order valence-electron chi connectivity index (χ3n) is 3.01. The number of hydrogen-bond donors (Lipinski definition) is 0. The Bertz CT molecular complexity index is 645. The second kappa shape index (κ2) is 12.0. The minimum atomic E-state index is -0.108. The van der Waals surface area contributed by atoms with Crippen molar-refractivity contribution in [2.24, 2.45) is 0 Å². The standard InChI is InChI=1S/2C10H10O2.Ni/c2*1-8(11)7-10(12)9-5-3-2-4-6-9;/h2*2-6H,7H2,1H3;/q;;+2. The first-order valence-corrected chi connectivity index (χ1v) is 7.55. The Hall–Kier alpha value is -2.39. The molecule has 0 bridgehead atoms. The summed E-state index contributed by atoms with van der Waals surface area (Å²) in [6.45, 7) is 2.84. The molecule has 0 amide bonds. The quantitative estimate of drug-likeness (QED) is 0.434. The van der Waals surface area contributed by atoms with Crippen molar-refractivity contribution in [2.45, 2.75) is 26.7 Å². The van der Waals surface area contributed by atoms with E-state index in [1.807, 2.05) is 12.1 Å². The molecule has 0 aliphatic heterocycles. The van der Waals surface area contributed by atoms with Crippen molar-refractivity contribution < 1.29 is 35.7 Å². The molecule has 2 aromatic carbocycles. The summed E-state index contributed by atoms with van der Waals surface area (Å²) >= 11 is 0. The third kappa shape index (κ3) is 9.48. The monoisotopic (exact) mass is 382 g/mol. The van der Waals surface area contributed by atoms with Crippen LogP contribution in [-0.2, 0) is 26.1 Å². The number of Topliss-reactive ketones (excluding diaryl/α,β-unsaturated/α-hetero) is 4. The largest absolute Gasteiger partial charge is 2.00 e. The Kier molecular flexibility index (Phi) is 10.9. The summed E-state index contributed by atoms with van der Waals surface area (Å²) in [6, 6.07) is 17.7. The molecule has 0 unspecified atom stereocenters. The smallest absolute Gasteiger partial charge is 0.300 e. The molecule has 0 aliphatic carbocycles. The number of carbonyl (C=O) groups excluding carboxylic acids is 4. The van der Waals surface area contributed by atoms with Crippen LogP contribution >= 0.6 is 0 Å². The SMILES string of the molecule is CC(=O)CC(=O)c1ccccc1.CC(=O)CC(=O)c1ccccc1.[Ni+2]. The van der Waals surface area contributed by atoms with E-state index in [0.717, 1.165) is 0 Å². The number of hydrogen-bond acceptors (Lipinski definition) is 4. The number of rotatable bonds is 6. The van der Waals surface area contributed by atoms with Gasteiger partial charge in [-0.25, -0.2) is 0 Å². The van der Waals surface area contributed by atoms with E-state index in [4.69, 9.17) is 0 Å². The number of benzene rings is 2. The Labute approximate surface area is 157 Å². The topological polar surface area (TPSA) is 68.3 Å². The molecule has 2 aromatic rings.